The first kappa shape index (κ1) is 19.6. The van der Waals surface area contributed by atoms with Gasteiger partial charge in [0, 0.05) is 6.54 Å². The van der Waals surface area contributed by atoms with Crippen LogP contribution in [0.15, 0.2) is 18.2 Å². The molecule has 0 saturated heterocycles. The van der Waals surface area contributed by atoms with E-state index in [-0.39, 0.29) is 24.4 Å². The fraction of sp³-hybridized carbons (Fsp3) is 0.588. The molecule has 1 aliphatic rings. The minimum absolute atomic E-state index is 0. The van der Waals surface area contributed by atoms with Gasteiger partial charge in [0.15, 0.2) is 11.5 Å². The van der Waals surface area contributed by atoms with E-state index in [0.717, 1.165) is 29.9 Å². The predicted octanol–water partition coefficient (Wildman–Crippen LogP) is 2.82. The van der Waals surface area contributed by atoms with Crippen molar-refractivity contribution in [3.63, 3.8) is 0 Å². The Balaban J connectivity index is 0.00000264. The van der Waals surface area contributed by atoms with E-state index in [4.69, 9.17) is 15.2 Å². The third-order valence-corrected chi connectivity index (χ3v) is 4.64. The van der Waals surface area contributed by atoms with Crippen molar-refractivity contribution >= 4 is 18.3 Å². The van der Waals surface area contributed by atoms with E-state index >= 15 is 0 Å². The molecule has 0 fully saturated rings. The number of hydrogen-bond donors (Lipinski definition) is 2. The van der Waals surface area contributed by atoms with E-state index in [1.807, 2.05) is 39.0 Å². The topological polar surface area (TPSA) is 73.6 Å². The van der Waals surface area contributed by atoms with Gasteiger partial charge in [-0.1, -0.05) is 19.9 Å². The quantitative estimate of drug-likeness (QED) is 0.833. The molecule has 1 amide bonds. The molecule has 3 N–H and O–H groups in total. The van der Waals surface area contributed by atoms with Crippen LogP contribution in [0, 0.1) is 5.41 Å². The third kappa shape index (κ3) is 4.09. The number of amides is 1. The van der Waals surface area contributed by atoms with Gasteiger partial charge in [-0.25, -0.2) is 0 Å². The molecule has 0 radical (unpaired) electrons. The maximum Gasteiger partial charge on any atom is 0.227 e. The van der Waals surface area contributed by atoms with Crippen molar-refractivity contribution < 1.29 is 14.3 Å². The Bertz CT molecular complexity index is 524. The molecule has 1 heterocycles. The van der Waals surface area contributed by atoms with Gasteiger partial charge in [0.25, 0.3) is 0 Å². The first-order chi connectivity index (χ1) is 10.6. The van der Waals surface area contributed by atoms with Crippen LogP contribution in [0.2, 0.25) is 0 Å². The van der Waals surface area contributed by atoms with Crippen molar-refractivity contribution in [1.82, 2.24) is 5.32 Å². The van der Waals surface area contributed by atoms with Crippen molar-refractivity contribution in [2.75, 3.05) is 19.8 Å². The second-order valence-electron chi connectivity index (χ2n) is 5.79. The van der Waals surface area contributed by atoms with E-state index in [1.165, 1.54) is 0 Å². The average Bonchev–Trinajstić information content (AvgIpc) is 2.56. The average molecular weight is 343 g/mol. The zero-order chi connectivity index (χ0) is 16.2. The number of rotatable bonds is 6. The molecule has 23 heavy (non-hydrogen) atoms. The fourth-order valence-electron chi connectivity index (χ4n) is 2.71. The molecule has 0 aromatic heterocycles. The molecular weight excluding hydrogens is 316 g/mol. The molecule has 5 nitrogen and oxygen atoms in total. The van der Waals surface area contributed by atoms with Crippen LogP contribution in [-0.2, 0) is 4.79 Å². The molecule has 0 bridgehead atoms. The highest BCUT2D eigenvalue weighted by Crippen LogP contribution is 2.33. The lowest BCUT2D eigenvalue weighted by Gasteiger charge is -2.30. The van der Waals surface area contributed by atoms with Crippen molar-refractivity contribution in [3.05, 3.63) is 23.8 Å². The molecule has 2 rings (SSSR count). The number of halogens is 1. The van der Waals surface area contributed by atoms with E-state index in [0.29, 0.717) is 19.8 Å². The van der Waals surface area contributed by atoms with Crippen LogP contribution in [0.5, 0.6) is 11.5 Å². The number of fused-ring (bicyclic) bond motifs is 1. The van der Waals surface area contributed by atoms with Gasteiger partial charge in [-0.05, 0) is 37.5 Å². The summed E-state index contributed by atoms with van der Waals surface area (Å²) in [5.41, 5.74) is 6.35. The Labute approximate surface area is 144 Å². The lowest BCUT2D eigenvalue weighted by molar-refractivity contribution is -0.131. The molecular formula is C17H27ClN2O3. The minimum Gasteiger partial charge on any atom is -0.486 e. The number of benzene rings is 1. The smallest absolute Gasteiger partial charge is 0.227 e. The summed E-state index contributed by atoms with van der Waals surface area (Å²) in [6, 6.07) is 5.68. The Morgan fingerprint density at radius 2 is 1.87 bits per heavy atom. The van der Waals surface area contributed by atoms with Gasteiger partial charge in [-0.3, -0.25) is 4.79 Å². The van der Waals surface area contributed by atoms with Crippen LogP contribution in [-0.4, -0.2) is 25.7 Å². The normalized spacial score (nSPS) is 14.6. The van der Waals surface area contributed by atoms with Crippen molar-refractivity contribution in [2.24, 2.45) is 11.1 Å². The van der Waals surface area contributed by atoms with Gasteiger partial charge in [-0.15, -0.1) is 12.4 Å². The molecule has 1 aromatic rings. The monoisotopic (exact) mass is 342 g/mol. The van der Waals surface area contributed by atoms with Gasteiger partial charge < -0.3 is 20.5 Å². The van der Waals surface area contributed by atoms with Gasteiger partial charge >= 0.3 is 0 Å². The van der Waals surface area contributed by atoms with Crippen LogP contribution in [0.4, 0.5) is 0 Å². The molecule has 1 atom stereocenters. The Kier molecular flexibility index (Phi) is 7.16. The first-order valence-electron chi connectivity index (χ1n) is 7.97. The second kappa shape index (κ2) is 8.41. The van der Waals surface area contributed by atoms with E-state index in [9.17, 15) is 4.79 Å². The number of ether oxygens (including phenoxy) is 2. The zero-order valence-electron chi connectivity index (χ0n) is 14.1. The summed E-state index contributed by atoms with van der Waals surface area (Å²) in [7, 11) is 0. The van der Waals surface area contributed by atoms with Crippen molar-refractivity contribution in [3.8, 4) is 11.5 Å². The highest BCUT2D eigenvalue weighted by atomic mass is 35.5. The summed E-state index contributed by atoms with van der Waals surface area (Å²) >= 11 is 0. The molecule has 1 aromatic carbocycles. The molecule has 0 spiro atoms. The number of nitrogens with one attached hydrogen (secondary N) is 1. The molecule has 1 aliphatic heterocycles. The Morgan fingerprint density at radius 1 is 1.26 bits per heavy atom. The van der Waals surface area contributed by atoms with Gasteiger partial charge in [-0.2, -0.15) is 0 Å². The highest BCUT2D eigenvalue weighted by molar-refractivity contribution is 5.85. The maximum atomic E-state index is 12.6. The highest BCUT2D eigenvalue weighted by Gasteiger charge is 2.34. The molecule has 0 saturated carbocycles. The van der Waals surface area contributed by atoms with Crippen molar-refractivity contribution in [1.29, 1.82) is 0 Å². The van der Waals surface area contributed by atoms with Crippen molar-refractivity contribution in [2.45, 2.75) is 39.7 Å². The SMILES string of the molecule is CCC(CC)(CN)C(=O)NC(C)c1ccc2c(c1)OCCO2.Cl. The van der Waals surface area contributed by atoms with E-state index in [2.05, 4.69) is 5.32 Å². The standard InChI is InChI=1S/C17H26N2O3.ClH/c1-4-17(5-2,11-18)16(20)19-12(3)13-6-7-14-15(10-13)22-9-8-21-14;/h6-7,10,12H,4-5,8-9,11,18H2,1-3H3,(H,19,20);1H. The number of carbonyl (C=O) groups excluding carboxylic acids is 1. The fourth-order valence-corrected chi connectivity index (χ4v) is 2.71. The van der Waals surface area contributed by atoms with Gasteiger partial charge in [0.1, 0.15) is 13.2 Å². The second-order valence-corrected chi connectivity index (χ2v) is 5.79. The van der Waals surface area contributed by atoms with Crippen LogP contribution in [0.25, 0.3) is 0 Å². The largest absolute Gasteiger partial charge is 0.486 e. The molecule has 1 unspecified atom stereocenters. The lowest BCUT2D eigenvalue weighted by Crippen LogP contribution is -2.46. The third-order valence-electron chi connectivity index (χ3n) is 4.64. The van der Waals surface area contributed by atoms with Crippen LogP contribution < -0.4 is 20.5 Å². The van der Waals surface area contributed by atoms with Gasteiger partial charge in [0.05, 0.1) is 11.5 Å². The van der Waals surface area contributed by atoms with Gasteiger partial charge in [0.2, 0.25) is 5.91 Å². The summed E-state index contributed by atoms with van der Waals surface area (Å²) in [6.07, 6.45) is 1.47. The Hall–Kier alpha value is -1.46. The summed E-state index contributed by atoms with van der Waals surface area (Å²) < 4.78 is 11.1. The van der Waals surface area contributed by atoms with E-state index < -0.39 is 5.41 Å². The number of carbonyl (C=O) groups is 1. The molecule has 6 heteroatoms. The predicted molar refractivity (Wildman–Crippen MR) is 93.3 cm³/mol. The van der Waals surface area contributed by atoms with Crippen LogP contribution in [0.1, 0.15) is 45.2 Å². The molecule has 130 valence electrons. The summed E-state index contributed by atoms with van der Waals surface area (Å²) in [5, 5.41) is 3.08. The summed E-state index contributed by atoms with van der Waals surface area (Å²) in [4.78, 5) is 12.6. The zero-order valence-corrected chi connectivity index (χ0v) is 14.9. The van der Waals surface area contributed by atoms with E-state index in [1.54, 1.807) is 0 Å². The summed E-state index contributed by atoms with van der Waals surface area (Å²) in [5.74, 6) is 1.51. The van der Waals surface area contributed by atoms with Crippen LogP contribution >= 0.6 is 12.4 Å². The molecule has 0 aliphatic carbocycles. The number of hydrogen-bond acceptors (Lipinski definition) is 4. The van der Waals surface area contributed by atoms with Crippen LogP contribution in [0.3, 0.4) is 0 Å². The minimum atomic E-state index is -0.484. The lowest BCUT2D eigenvalue weighted by atomic mass is 9.81. The Morgan fingerprint density at radius 3 is 2.43 bits per heavy atom. The maximum absolute atomic E-state index is 12.6. The number of nitrogens with two attached hydrogens (primary N) is 1. The summed E-state index contributed by atoms with van der Waals surface area (Å²) in [6.45, 7) is 7.47. The first-order valence-corrected chi connectivity index (χ1v) is 7.97.